The molecule has 0 aromatic carbocycles. The predicted octanol–water partition coefficient (Wildman–Crippen LogP) is 0.672. The van der Waals surface area contributed by atoms with E-state index in [1.54, 1.807) is 0 Å². The lowest BCUT2D eigenvalue weighted by Crippen LogP contribution is -2.44. The Kier molecular flexibility index (Phi) is 2.63. The van der Waals surface area contributed by atoms with Crippen molar-refractivity contribution >= 4 is 0 Å². The first-order valence-electron chi connectivity index (χ1n) is 4.83. The largest absolute Gasteiger partial charge is 0.379 e. The highest BCUT2D eigenvalue weighted by molar-refractivity contribution is 4.84. The van der Waals surface area contributed by atoms with Gasteiger partial charge in [0, 0.05) is 12.6 Å². The summed E-state index contributed by atoms with van der Waals surface area (Å²) < 4.78 is 11.1. The third kappa shape index (κ3) is 1.97. The summed E-state index contributed by atoms with van der Waals surface area (Å²) in [6.07, 6.45) is 5.14. The van der Waals surface area contributed by atoms with Gasteiger partial charge in [-0.1, -0.05) is 0 Å². The summed E-state index contributed by atoms with van der Waals surface area (Å²) in [5.74, 6) is 0. The smallest absolute Gasteiger partial charge is 0.0813 e. The van der Waals surface area contributed by atoms with E-state index in [9.17, 15) is 0 Å². The van der Waals surface area contributed by atoms with Crippen LogP contribution in [0.15, 0.2) is 0 Å². The lowest BCUT2D eigenvalue weighted by Gasteiger charge is -2.36. The molecule has 2 N–H and O–H groups in total. The Balaban J connectivity index is 1.65. The minimum Gasteiger partial charge on any atom is -0.379 e. The Morgan fingerprint density at radius 1 is 1.25 bits per heavy atom. The molecule has 0 aromatic heterocycles. The fourth-order valence-electron chi connectivity index (χ4n) is 1.81. The highest BCUT2D eigenvalue weighted by Crippen LogP contribution is 2.24. The van der Waals surface area contributed by atoms with Gasteiger partial charge >= 0.3 is 0 Å². The van der Waals surface area contributed by atoms with Gasteiger partial charge in [0.2, 0.25) is 0 Å². The van der Waals surface area contributed by atoms with E-state index in [4.69, 9.17) is 15.2 Å². The van der Waals surface area contributed by atoms with Crippen LogP contribution in [0.2, 0.25) is 0 Å². The lowest BCUT2D eigenvalue weighted by atomic mass is 9.90. The molecule has 2 aliphatic rings. The number of rotatable bonds is 2. The molecule has 3 heteroatoms. The normalized spacial score (nSPS) is 42.2. The SMILES string of the molecule is NC1CC(OC2CCCOC2)C1. The van der Waals surface area contributed by atoms with Crippen molar-refractivity contribution in [2.75, 3.05) is 13.2 Å². The Labute approximate surface area is 73.2 Å². The van der Waals surface area contributed by atoms with Gasteiger partial charge in [0.05, 0.1) is 18.8 Å². The maximum absolute atomic E-state index is 5.79. The first-order valence-corrected chi connectivity index (χ1v) is 4.83. The molecule has 0 aromatic rings. The zero-order chi connectivity index (χ0) is 8.39. The molecular weight excluding hydrogens is 154 g/mol. The number of hydrogen-bond acceptors (Lipinski definition) is 3. The fraction of sp³-hybridized carbons (Fsp3) is 1.00. The third-order valence-electron chi connectivity index (χ3n) is 2.63. The number of ether oxygens (including phenoxy) is 2. The highest BCUT2D eigenvalue weighted by atomic mass is 16.5. The van der Waals surface area contributed by atoms with Crippen LogP contribution >= 0.6 is 0 Å². The first kappa shape index (κ1) is 8.48. The Hall–Kier alpha value is -0.120. The molecule has 1 saturated heterocycles. The zero-order valence-corrected chi connectivity index (χ0v) is 7.37. The second-order valence-electron chi connectivity index (χ2n) is 3.83. The molecular formula is C9H17NO2. The van der Waals surface area contributed by atoms with Gasteiger partial charge in [0.1, 0.15) is 0 Å². The first-order chi connectivity index (χ1) is 5.84. The molecule has 0 spiro atoms. The van der Waals surface area contributed by atoms with Crippen LogP contribution in [-0.2, 0) is 9.47 Å². The third-order valence-corrected chi connectivity index (χ3v) is 2.63. The molecule has 0 bridgehead atoms. The quantitative estimate of drug-likeness (QED) is 0.664. The molecule has 1 unspecified atom stereocenters. The van der Waals surface area contributed by atoms with Gasteiger partial charge in [0.15, 0.2) is 0 Å². The molecule has 2 fully saturated rings. The van der Waals surface area contributed by atoms with Gasteiger partial charge < -0.3 is 15.2 Å². The van der Waals surface area contributed by atoms with Crippen molar-refractivity contribution in [1.82, 2.24) is 0 Å². The van der Waals surface area contributed by atoms with Gasteiger partial charge in [-0.05, 0) is 25.7 Å². The molecule has 2 rings (SSSR count). The van der Waals surface area contributed by atoms with E-state index in [1.807, 2.05) is 0 Å². The van der Waals surface area contributed by atoms with Gasteiger partial charge in [-0.25, -0.2) is 0 Å². The van der Waals surface area contributed by atoms with Gasteiger partial charge in [0.25, 0.3) is 0 Å². The Morgan fingerprint density at radius 3 is 2.67 bits per heavy atom. The number of hydrogen-bond donors (Lipinski definition) is 1. The van der Waals surface area contributed by atoms with Crippen molar-refractivity contribution in [2.24, 2.45) is 5.73 Å². The lowest BCUT2D eigenvalue weighted by molar-refractivity contribution is -0.110. The maximum Gasteiger partial charge on any atom is 0.0813 e. The molecule has 0 radical (unpaired) electrons. The van der Waals surface area contributed by atoms with Crippen LogP contribution in [0.3, 0.4) is 0 Å². The van der Waals surface area contributed by atoms with E-state index in [2.05, 4.69) is 0 Å². The van der Waals surface area contributed by atoms with Gasteiger partial charge in [-0.3, -0.25) is 0 Å². The summed E-state index contributed by atoms with van der Waals surface area (Å²) in [5.41, 5.74) is 5.66. The fourth-order valence-corrected chi connectivity index (χ4v) is 1.81. The maximum atomic E-state index is 5.79. The molecule has 12 heavy (non-hydrogen) atoms. The molecule has 1 saturated carbocycles. The molecule has 70 valence electrons. The second kappa shape index (κ2) is 3.73. The summed E-state index contributed by atoms with van der Waals surface area (Å²) in [5, 5.41) is 0. The summed E-state index contributed by atoms with van der Waals surface area (Å²) in [4.78, 5) is 0. The molecule has 1 aliphatic heterocycles. The van der Waals surface area contributed by atoms with E-state index in [0.29, 0.717) is 18.2 Å². The van der Waals surface area contributed by atoms with Crippen LogP contribution in [0.4, 0.5) is 0 Å². The van der Waals surface area contributed by atoms with E-state index < -0.39 is 0 Å². The van der Waals surface area contributed by atoms with Crippen molar-refractivity contribution in [3.05, 3.63) is 0 Å². The second-order valence-corrected chi connectivity index (χ2v) is 3.83. The van der Waals surface area contributed by atoms with Crippen LogP contribution in [0.25, 0.3) is 0 Å². The summed E-state index contributed by atoms with van der Waals surface area (Å²) in [6, 6.07) is 0.388. The molecule has 3 nitrogen and oxygen atoms in total. The summed E-state index contributed by atoms with van der Waals surface area (Å²) in [6.45, 7) is 1.69. The van der Waals surface area contributed by atoms with Crippen LogP contribution < -0.4 is 5.73 Å². The number of nitrogens with two attached hydrogens (primary N) is 1. The van der Waals surface area contributed by atoms with Gasteiger partial charge in [-0.2, -0.15) is 0 Å². The minimum absolute atomic E-state index is 0.344. The van der Waals surface area contributed by atoms with Crippen molar-refractivity contribution in [2.45, 2.75) is 43.9 Å². The van der Waals surface area contributed by atoms with E-state index >= 15 is 0 Å². The van der Waals surface area contributed by atoms with Crippen LogP contribution in [0.1, 0.15) is 25.7 Å². The van der Waals surface area contributed by atoms with Crippen molar-refractivity contribution < 1.29 is 9.47 Å². The topological polar surface area (TPSA) is 44.5 Å². The Morgan fingerprint density at radius 2 is 2.08 bits per heavy atom. The highest BCUT2D eigenvalue weighted by Gasteiger charge is 2.29. The van der Waals surface area contributed by atoms with Crippen molar-refractivity contribution in [3.8, 4) is 0 Å². The average Bonchev–Trinajstić information content (AvgIpc) is 2.04. The summed E-state index contributed by atoms with van der Waals surface area (Å²) >= 11 is 0. The van der Waals surface area contributed by atoms with Crippen LogP contribution in [0, 0.1) is 0 Å². The molecule has 0 amide bonds. The molecule has 1 atom stereocenters. The van der Waals surface area contributed by atoms with E-state index in [1.165, 1.54) is 0 Å². The minimum atomic E-state index is 0.344. The average molecular weight is 171 g/mol. The molecule has 1 heterocycles. The monoisotopic (exact) mass is 171 g/mol. The van der Waals surface area contributed by atoms with Crippen molar-refractivity contribution in [1.29, 1.82) is 0 Å². The predicted molar refractivity (Wildman–Crippen MR) is 45.9 cm³/mol. The standard InChI is InChI=1S/C9H17NO2/c10-7-4-9(5-7)12-8-2-1-3-11-6-8/h7-9H,1-6,10H2. The summed E-state index contributed by atoms with van der Waals surface area (Å²) in [7, 11) is 0. The zero-order valence-electron chi connectivity index (χ0n) is 7.37. The van der Waals surface area contributed by atoms with Crippen molar-refractivity contribution in [3.63, 3.8) is 0 Å². The molecule has 1 aliphatic carbocycles. The van der Waals surface area contributed by atoms with Crippen LogP contribution in [0.5, 0.6) is 0 Å². The Bertz CT molecular complexity index is 139. The van der Waals surface area contributed by atoms with E-state index in [0.717, 1.165) is 38.9 Å². The van der Waals surface area contributed by atoms with Crippen LogP contribution in [-0.4, -0.2) is 31.5 Å². The van der Waals surface area contributed by atoms with E-state index in [-0.39, 0.29) is 0 Å². The van der Waals surface area contributed by atoms with Gasteiger partial charge in [-0.15, -0.1) is 0 Å².